The first kappa shape index (κ1) is 15.7. The minimum atomic E-state index is -0.349. The average Bonchev–Trinajstić information content (AvgIpc) is 3.13. The molecule has 122 valence electrons. The maximum Gasteiger partial charge on any atom is 0.225 e. The largest absolute Gasteiger partial charge is 0.326 e. The molecule has 1 amide bonds. The van der Waals surface area contributed by atoms with Crippen LogP contribution in [0.4, 0.5) is 10.1 Å². The summed E-state index contributed by atoms with van der Waals surface area (Å²) < 4.78 is 15.0. The van der Waals surface area contributed by atoms with E-state index in [1.807, 2.05) is 24.0 Å². The fourth-order valence-corrected chi connectivity index (χ4v) is 3.17. The molecule has 1 saturated heterocycles. The summed E-state index contributed by atoms with van der Waals surface area (Å²) in [5, 5.41) is 6.97. The Morgan fingerprint density at radius 1 is 1.43 bits per heavy atom. The van der Waals surface area contributed by atoms with E-state index in [9.17, 15) is 9.18 Å². The molecule has 2 heterocycles. The second-order valence-corrected chi connectivity index (χ2v) is 5.88. The zero-order valence-electron chi connectivity index (χ0n) is 13.2. The molecule has 1 fully saturated rings. The van der Waals surface area contributed by atoms with Crippen LogP contribution in [0.5, 0.6) is 0 Å². The van der Waals surface area contributed by atoms with Crippen molar-refractivity contribution in [1.82, 2.24) is 14.7 Å². The molecule has 1 aliphatic rings. The minimum Gasteiger partial charge on any atom is -0.326 e. The van der Waals surface area contributed by atoms with Crippen molar-refractivity contribution in [3.8, 4) is 0 Å². The first-order valence-corrected chi connectivity index (χ1v) is 7.91. The van der Waals surface area contributed by atoms with E-state index < -0.39 is 0 Å². The SMILES string of the molecule is Cn1nccc1C1CCCN1CCC(=O)Nc1cccc(F)c1. The normalized spacial score (nSPS) is 18.3. The fraction of sp³-hybridized carbons (Fsp3) is 0.412. The van der Waals surface area contributed by atoms with Crippen LogP contribution in [-0.4, -0.2) is 33.7 Å². The maximum atomic E-state index is 13.1. The van der Waals surface area contributed by atoms with Crippen molar-refractivity contribution in [2.75, 3.05) is 18.4 Å². The molecule has 6 heteroatoms. The molecule has 0 spiro atoms. The van der Waals surface area contributed by atoms with Gasteiger partial charge in [-0.15, -0.1) is 0 Å². The van der Waals surface area contributed by atoms with E-state index in [1.165, 1.54) is 17.8 Å². The summed E-state index contributed by atoms with van der Waals surface area (Å²) in [4.78, 5) is 14.4. The smallest absolute Gasteiger partial charge is 0.225 e. The molecule has 5 nitrogen and oxygen atoms in total. The van der Waals surface area contributed by atoms with Crippen molar-refractivity contribution in [1.29, 1.82) is 0 Å². The predicted molar refractivity (Wildman–Crippen MR) is 86.4 cm³/mol. The van der Waals surface area contributed by atoms with Crippen LogP contribution in [0.1, 0.15) is 31.0 Å². The lowest BCUT2D eigenvalue weighted by Gasteiger charge is -2.24. The zero-order valence-corrected chi connectivity index (χ0v) is 13.2. The van der Waals surface area contributed by atoms with Crippen LogP contribution >= 0.6 is 0 Å². The number of likely N-dealkylation sites (tertiary alicyclic amines) is 1. The molecule has 1 aliphatic heterocycles. The van der Waals surface area contributed by atoms with Crippen molar-refractivity contribution < 1.29 is 9.18 Å². The lowest BCUT2D eigenvalue weighted by Crippen LogP contribution is -2.28. The number of nitrogens with one attached hydrogen (secondary N) is 1. The van der Waals surface area contributed by atoms with Crippen LogP contribution in [0.2, 0.25) is 0 Å². The molecule has 2 aromatic rings. The van der Waals surface area contributed by atoms with Crippen LogP contribution in [-0.2, 0) is 11.8 Å². The Hall–Kier alpha value is -2.21. The highest BCUT2D eigenvalue weighted by atomic mass is 19.1. The Kier molecular flexibility index (Phi) is 4.71. The number of aryl methyl sites for hydroxylation is 1. The van der Waals surface area contributed by atoms with Gasteiger partial charge in [0.05, 0.1) is 11.7 Å². The molecule has 1 aromatic carbocycles. The van der Waals surface area contributed by atoms with Gasteiger partial charge in [-0.2, -0.15) is 5.10 Å². The molecule has 1 atom stereocenters. The van der Waals surface area contributed by atoms with Crippen molar-refractivity contribution in [2.45, 2.75) is 25.3 Å². The summed E-state index contributed by atoms with van der Waals surface area (Å²) in [5.74, 6) is -0.440. The van der Waals surface area contributed by atoms with Gasteiger partial charge >= 0.3 is 0 Å². The van der Waals surface area contributed by atoms with E-state index in [2.05, 4.69) is 15.3 Å². The number of nitrogens with zero attached hydrogens (tertiary/aromatic N) is 3. The van der Waals surface area contributed by atoms with Gasteiger partial charge in [-0.1, -0.05) is 6.07 Å². The summed E-state index contributed by atoms with van der Waals surface area (Å²) in [6, 6.07) is 8.32. The van der Waals surface area contributed by atoms with Crippen molar-refractivity contribution in [2.24, 2.45) is 7.05 Å². The molecule has 0 aliphatic carbocycles. The lowest BCUT2D eigenvalue weighted by atomic mass is 10.1. The van der Waals surface area contributed by atoms with E-state index in [0.717, 1.165) is 19.4 Å². The Bertz CT molecular complexity index is 685. The predicted octanol–water partition coefficient (Wildman–Crippen LogP) is 2.72. The van der Waals surface area contributed by atoms with Crippen LogP contribution in [0.3, 0.4) is 0 Å². The van der Waals surface area contributed by atoms with Crippen molar-refractivity contribution in [3.05, 3.63) is 48.0 Å². The van der Waals surface area contributed by atoms with Gasteiger partial charge in [0.25, 0.3) is 0 Å². The molecule has 0 radical (unpaired) electrons. The highest BCUT2D eigenvalue weighted by Gasteiger charge is 2.28. The lowest BCUT2D eigenvalue weighted by molar-refractivity contribution is -0.116. The molecular weight excluding hydrogens is 295 g/mol. The van der Waals surface area contributed by atoms with Gasteiger partial charge in [-0.05, 0) is 43.7 Å². The third kappa shape index (κ3) is 3.76. The summed E-state index contributed by atoms with van der Waals surface area (Å²) in [6.07, 6.45) is 4.42. The number of halogens is 1. The fourth-order valence-electron chi connectivity index (χ4n) is 3.17. The number of hydrogen-bond acceptors (Lipinski definition) is 3. The standard InChI is InChI=1S/C17H21FN4O/c1-21-15(7-9-19-21)16-6-3-10-22(16)11-8-17(23)20-14-5-2-4-13(18)12-14/h2,4-5,7,9,12,16H,3,6,8,10-11H2,1H3,(H,20,23). The van der Waals surface area contributed by atoms with Crippen LogP contribution in [0.25, 0.3) is 0 Å². The van der Waals surface area contributed by atoms with Crippen LogP contribution < -0.4 is 5.32 Å². The first-order valence-electron chi connectivity index (χ1n) is 7.91. The Labute approximate surface area is 135 Å². The molecular formula is C17H21FN4O. The number of aromatic nitrogens is 2. The average molecular weight is 316 g/mol. The van der Waals surface area contributed by atoms with E-state index >= 15 is 0 Å². The number of carbonyl (C=O) groups is 1. The Balaban J connectivity index is 1.55. The topological polar surface area (TPSA) is 50.2 Å². The third-order valence-corrected chi connectivity index (χ3v) is 4.30. The summed E-state index contributed by atoms with van der Waals surface area (Å²) in [6.45, 7) is 1.68. The van der Waals surface area contributed by atoms with Gasteiger partial charge in [0, 0.05) is 31.9 Å². The van der Waals surface area contributed by atoms with E-state index in [-0.39, 0.29) is 11.7 Å². The quantitative estimate of drug-likeness (QED) is 0.923. The van der Waals surface area contributed by atoms with Gasteiger partial charge in [0.15, 0.2) is 0 Å². The molecule has 1 N–H and O–H groups in total. The maximum absolute atomic E-state index is 13.1. The van der Waals surface area contributed by atoms with Crippen molar-refractivity contribution in [3.63, 3.8) is 0 Å². The number of carbonyl (C=O) groups excluding carboxylic acids is 1. The van der Waals surface area contributed by atoms with Crippen molar-refractivity contribution >= 4 is 11.6 Å². The van der Waals surface area contributed by atoms with Crippen LogP contribution in [0.15, 0.2) is 36.5 Å². The highest BCUT2D eigenvalue weighted by Crippen LogP contribution is 2.31. The summed E-state index contributed by atoms with van der Waals surface area (Å²) in [7, 11) is 1.95. The monoisotopic (exact) mass is 316 g/mol. The Morgan fingerprint density at radius 3 is 3.04 bits per heavy atom. The van der Waals surface area contributed by atoms with E-state index in [1.54, 1.807) is 12.1 Å². The Morgan fingerprint density at radius 2 is 2.30 bits per heavy atom. The molecule has 1 aromatic heterocycles. The number of benzene rings is 1. The first-order chi connectivity index (χ1) is 11.1. The van der Waals surface area contributed by atoms with Gasteiger partial charge in [0.1, 0.15) is 5.82 Å². The zero-order chi connectivity index (χ0) is 16.2. The highest BCUT2D eigenvalue weighted by molar-refractivity contribution is 5.90. The summed E-state index contributed by atoms with van der Waals surface area (Å²) >= 11 is 0. The van der Waals surface area contributed by atoms with Gasteiger partial charge in [0.2, 0.25) is 5.91 Å². The second-order valence-electron chi connectivity index (χ2n) is 5.88. The molecule has 0 saturated carbocycles. The van der Waals surface area contributed by atoms with E-state index in [0.29, 0.717) is 24.7 Å². The molecule has 3 rings (SSSR count). The summed E-state index contributed by atoms with van der Waals surface area (Å²) in [5.41, 5.74) is 1.69. The minimum absolute atomic E-state index is 0.0914. The van der Waals surface area contributed by atoms with Gasteiger partial charge in [-0.25, -0.2) is 4.39 Å². The second kappa shape index (κ2) is 6.91. The van der Waals surface area contributed by atoms with Gasteiger partial charge in [-0.3, -0.25) is 14.4 Å². The van der Waals surface area contributed by atoms with Crippen LogP contribution in [0, 0.1) is 5.82 Å². The number of rotatable bonds is 5. The molecule has 23 heavy (non-hydrogen) atoms. The molecule has 0 bridgehead atoms. The van der Waals surface area contributed by atoms with Gasteiger partial charge < -0.3 is 5.32 Å². The number of hydrogen-bond donors (Lipinski definition) is 1. The number of anilines is 1. The van der Waals surface area contributed by atoms with E-state index in [4.69, 9.17) is 0 Å². The third-order valence-electron chi connectivity index (χ3n) is 4.30. The molecule has 1 unspecified atom stereocenters. The number of amides is 1.